The van der Waals surface area contributed by atoms with Crippen molar-refractivity contribution in [3.05, 3.63) is 33.9 Å². The van der Waals surface area contributed by atoms with E-state index in [2.05, 4.69) is 5.32 Å². The number of imide groups is 1. The number of ether oxygens (including phenoxy) is 1. The highest BCUT2D eigenvalue weighted by Gasteiger charge is 2.24. The minimum atomic E-state index is -0.886. The van der Waals surface area contributed by atoms with E-state index in [0.29, 0.717) is 5.69 Å². The van der Waals surface area contributed by atoms with Gasteiger partial charge in [0.1, 0.15) is 5.69 Å². The minimum absolute atomic E-state index is 0.0395. The average Bonchev–Trinajstić information content (AvgIpc) is 3.13. The number of nitro groups is 1. The maximum Gasteiger partial charge on any atom is 0.338 e. The van der Waals surface area contributed by atoms with Crippen LogP contribution in [0, 0.1) is 10.1 Å². The largest absolute Gasteiger partial charge is 0.452 e. The summed E-state index contributed by atoms with van der Waals surface area (Å²) in [6.07, 6.45) is 1.92. The molecule has 0 bridgehead atoms. The van der Waals surface area contributed by atoms with Crippen molar-refractivity contribution in [1.82, 2.24) is 10.6 Å². The van der Waals surface area contributed by atoms with Crippen molar-refractivity contribution in [1.29, 1.82) is 0 Å². The molecule has 0 aliphatic carbocycles. The number of urea groups is 1. The molecule has 10 nitrogen and oxygen atoms in total. The molecule has 3 amide bonds. The van der Waals surface area contributed by atoms with E-state index in [1.807, 2.05) is 10.2 Å². The second-order valence-electron chi connectivity index (χ2n) is 5.36. The maximum absolute atomic E-state index is 12.0. The van der Waals surface area contributed by atoms with E-state index >= 15 is 0 Å². The zero-order chi connectivity index (χ0) is 18.4. The lowest BCUT2D eigenvalue weighted by molar-refractivity contribution is -0.384. The molecule has 1 aromatic carbocycles. The van der Waals surface area contributed by atoms with Crippen LogP contribution in [0.3, 0.4) is 0 Å². The molecule has 1 saturated heterocycles. The van der Waals surface area contributed by atoms with Crippen molar-refractivity contribution in [2.75, 3.05) is 31.6 Å². The van der Waals surface area contributed by atoms with E-state index in [9.17, 15) is 24.5 Å². The van der Waals surface area contributed by atoms with E-state index in [-0.39, 0.29) is 11.3 Å². The summed E-state index contributed by atoms with van der Waals surface area (Å²) < 4.78 is 4.77. The quantitative estimate of drug-likeness (QED) is 0.456. The number of amides is 3. The molecule has 134 valence electrons. The first-order valence-electron chi connectivity index (χ1n) is 7.64. The number of nitrogens with zero attached hydrogens (tertiary/aromatic N) is 2. The van der Waals surface area contributed by atoms with Crippen molar-refractivity contribution < 1.29 is 24.0 Å². The topological polar surface area (TPSA) is 131 Å². The van der Waals surface area contributed by atoms with Crippen LogP contribution in [-0.2, 0) is 9.53 Å². The van der Waals surface area contributed by atoms with Crippen LogP contribution in [0.2, 0.25) is 0 Å². The van der Waals surface area contributed by atoms with Crippen LogP contribution in [0.15, 0.2) is 18.2 Å². The molecule has 10 heteroatoms. The van der Waals surface area contributed by atoms with E-state index in [4.69, 9.17) is 4.74 Å². The number of anilines is 1. The number of hydrogen-bond donors (Lipinski definition) is 2. The molecule has 1 fully saturated rings. The molecule has 1 aliphatic rings. The van der Waals surface area contributed by atoms with Gasteiger partial charge in [0.15, 0.2) is 6.61 Å². The Morgan fingerprint density at radius 3 is 2.56 bits per heavy atom. The third kappa shape index (κ3) is 4.66. The van der Waals surface area contributed by atoms with Gasteiger partial charge in [-0.05, 0) is 25.0 Å². The van der Waals surface area contributed by atoms with Gasteiger partial charge >= 0.3 is 12.0 Å². The van der Waals surface area contributed by atoms with Gasteiger partial charge in [0.25, 0.3) is 11.6 Å². The van der Waals surface area contributed by atoms with E-state index in [1.54, 1.807) is 0 Å². The molecule has 2 rings (SSSR count). The lowest BCUT2D eigenvalue weighted by Crippen LogP contribution is -2.39. The third-order valence-electron chi connectivity index (χ3n) is 3.67. The molecule has 25 heavy (non-hydrogen) atoms. The van der Waals surface area contributed by atoms with Gasteiger partial charge in [0.05, 0.1) is 10.5 Å². The zero-order valence-electron chi connectivity index (χ0n) is 13.6. The predicted molar refractivity (Wildman–Crippen MR) is 87.4 cm³/mol. The Hall–Kier alpha value is -3.17. The summed E-state index contributed by atoms with van der Waals surface area (Å²) in [6, 6.07) is 3.32. The lowest BCUT2D eigenvalue weighted by atomic mass is 10.1. The molecule has 0 saturated carbocycles. The second-order valence-corrected chi connectivity index (χ2v) is 5.36. The van der Waals surface area contributed by atoms with Crippen LogP contribution in [0.1, 0.15) is 23.2 Å². The van der Waals surface area contributed by atoms with Gasteiger partial charge in [-0.25, -0.2) is 9.59 Å². The highest BCUT2D eigenvalue weighted by atomic mass is 16.6. The fraction of sp³-hybridized carbons (Fsp3) is 0.400. The fourth-order valence-corrected chi connectivity index (χ4v) is 2.46. The van der Waals surface area contributed by atoms with E-state index < -0.39 is 29.4 Å². The van der Waals surface area contributed by atoms with Crippen LogP contribution >= 0.6 is 0 Å². The number of carbonyl (C=O) groups excluding carboxylic acids is 3. The SMILES string of the molecule is CNC(=O)NC(=O)COC(=O)c1ccc(N2CCCC2)c([N+](=O)[O-])c1. The Balaban J connectivity index is 2.07. The van der Waals surface area contributed by atoms with Gasteiger partial charge in [-0.1, -0.05) is 0 Å². The molecule has 0 radical (unpaired) electrons. The molecule has 0 spiro atoms. The van der Waals surface area contributed by atoms with E-state index in [0.717, 1.165) is 32.0 Å². The Labute approximate surface area is 143 Å². The van der Waals surface area contributed by atoms with Crippen LogP contribution in [-0.4, -0.2) is 49.6 Å². The normalized spacial score (nSPS) is 13.2. The minimum Gasteiger partial charge on any atom is -0.452 e. The smallest absolute Gasteiger partial charge is 0.338 e. The van der Waals surface area contributed by atoms with Crippen molar-refractivity contribution in [2.24, 2.45) is 0 Å². The molecule has 0 unspecified atom stereocenters. The third-order valence-corrected chi connectivity index (χ3v) is 3.67. The number of rotatable bonds is 5. The van der Waals surface area contributed by atoms with Gasteiger partial charge in [-0.2, -0.15) is 0 Å². The molecular weight excluding hydrogens is 332 g/mol. The summed E-state index contributed by atoms with van der Waals surface area (Å²) in [6.45, 7) is 0.780. The first kappa shape index (κ1) is 18.2. The molecule has 0 aromatic heterocycles. The lowest BCUT2D eigenvalue weighted by Gasteiger charge is -2.17. The second kappa shape index (κ2) is 8.08. The molecule has 1 aliphatic heterocycles. The van der Waals surface area contributed by atoms with Crippen LogP contribution < -0.4 is 15.5 Å². The predicted octanol–water partition coefficient (Wildman–Crippen LogP) is 0.807. The highest BCUT2D eigenvalue weighted by molar-refractivity contribution is 5.97. The average molecular weight is 350 g/mol. The van der Waals surface area contributed by atoms with Crippen molar-refractivity contribution >= 4 is 29.3 Å². The number of nitrogens with one attached hydrogen (secondary N) is 2. The number of esters is 1. The number of nitro benzene ring substituents is 1. The van der Waals surface area contributed by atoms with Crippen molar-refractivity contribution in [3.63, 3.8) is 0 Å². The summed E-state index contributed by atoms with van der Waals surface area (Å²) in [5, 5.41) is 15.4. The number of benzene rings is 1. The first-order chi connectivity index (χ1) is 11.9. The summed E-state index contributed by atoms with van der Waals surface area (Å²) >= 11 is 0. The van der Waals surface area contributed by atoms with Gasteiger partial charge in [-0.15, -0.1) is 0 Å². The Kier molecular flexibility index (Phi) is 5.88. The molecular formula is C15H18N4O6. The summed E-state index contributed by atoms with van der Waals surface area (Å²) in [7, 11) is 1.33. The van der Waals surface area contributed by atoms with Crippen LogP contribution in [0.25, 0.3) is 0 Å². The van der Waals surface area contributed by atoms with Gasteiger partial charge in [0, 0.05) is 26.2 Å². The summed E-state index contributed by atoms with van der Waals surface area (Å²) in [4.78, 5) is 46.9. The Bertz CT molecular complexity index is 699. The Morgan fingerprint density at radius 2 is 1.96 bits per heavy atom. The first-order valence-corrected chi connectivity index (χ1v) is 7.64. The van der Waals surface area contributed by atoms with Crippen LogP contribution in [0.4, 0.5) is 16.2 Å². The van der Waals surface area contributed by atoms with Crippen LogP contribution in [0.5, 0.6) is 0 Å². The highest BCUT2D eigenvalue weighted by Crippen LogP contribution is 2.31. The molecule has 1 heterocycles. The monoisotopic (exact) mass is 350 g/mol. The fourth-order valence-electron chi connectivity index (χ4n) is 2.46. The molecule has 1 aromatic rings. The van der Waals surface area contributed by atoms with Gasteiger partial charge < -0.3 is 15.0 Å². The van der Waals surface area contributed by atoms with E-state index in [1.165, 1.54) is 19.2 Å². The molecule has 2 N–H and O–H groups in total. The number of carbonyl (C=O) groups is 3. The van der Waals surface area contributed by atoms with Gasteiger partial charge in [-0.3, -0.25) is 20.2 Å². The standard InChI is InChI=1S/C15H18N4O6/c1-16-15(22)17-13(20)9-25-14(21)10-4-5-11(12(8-10)19(23)24)18-6-2-3-7-18/h4-5,8H,2-3,6-7,9H2,1H3,(H2,16,17,20,22). The van der Waals surface area contributed by atoms with Crippen molar-refractivity contribution in [3.8, 4) is 0 Å². The number of hydrogen-bond acceptors (Lipinski definition) is 7. The summed E-state index contributed by atoms with van der Waals surface area (Å²) in [5.41, 5.74) is 0.227. The maximum atomic E-state index is 12.0. The Morgan fingerprint density at radius 1 is 1.28 bits per heavy atom. The zero-order valence-corrected chi connectivity index (χ0v) is 13.6. The molecule has 0 atom stereocenters. The van der Waals surface area contributed by atoms with Crippen molar-refractivity contribution in [2.45, 2.75) is 12.8 Å². The van der Waals surface area contributed by atoms with Gasteiger partial charge in [0.2, 0.25) is 0 Å². The summed E-state index contributed by atoms with van der Waals surface area (Å²) in [5.74, 6) is -1.70.